The molecule has 0 saturated carbocycles. The van der Waals surface area contributed by atoms with Crippen LogP contribution < -0.4 is 17.0 Å². The lowest BCUT2D eigenvalue weighted by Gasteiger charge is -2.09. The molecule has 0 radical (unpaired) electrons. The molecule has 2 aromatic heterocycles. The summed E-state index contributed by atoms with van der Waals surface area (Å²) in [5, 5.41) is 8.67. The molecule has 0 aliphatic heterocycles. The third kappa shape index (κ3) is 3.58. The molecule has 0 spiro atoms. The van der Waals surface area contributed by atoms with Crippen molar-refractivity contribution in [2.24, 2.45) is 5.73 Å². The zero-order chi connectivity index (χ0) is 16.1. The lowest BCUT2D eigenvalue weighted by Crippen LogP contribution is -2.36. The Hall–Kier alpha value is -2.50. The number of carbonyl (C=O) groups is 1. The summed E-state index contributed by atoms with van der Waals surface area (Å²) in [4.78, 5) is 33.0. The largest absolute Gasteiger partial charge is 0.462 e. The number of nitrogen functional groups attached to an aromatic ring is 1. The standard InChI is InChI=1S/C11H16N6O5/c12-6(3-18)10(20)22-2-1-21-5-17-4-14-7-8(17)15-11(13)16-9(7)19/h4,6,18H,1-3,5,12H2,(H3,13,15,16,19)/t6-/m1/s1. The van der Waals surface area contributed by atoms with E-state index in [1.165, 1.54) is 10.9 Å². The van der Waals surface area contributed by atoms with E-state index in [2.05, 4.69) is 15.0 Å². The highest BCUT2D eigenvalue weighted by Gasteiger charge is 2.13. The summed E-state index contributed by atoms with van der Waals surface area (Å²) in [5.74, 6) is -0.730. The summed E-state index contributed by atoms with van der Waals surface area (Å²) in [6.07, 6.45) is 1.39. The average molecular weight is 312 g/mol. The molecule has 0 aliphatic rings. The molecule has 0 amide bonds. The zero-order valence-electron chi connectivity index (χ0n) is 11.6. The number of rotatable bonds is 7. The van der Waals surface area contributed by atoms with Crippen molar-refractivity contribution in [1.29, 1.82) is 0 Å². The molecule has 6 N–H and O–H groups in total. The molecule has 0 saturated heterocycles. The Morgan fingerprint density at radius 1 is 1.50 bits per heavy atom. The second kappa shape index (κ2) is 6.98. The van der Waals surface area contributed by atoms with Gasteiger partial charge in [-0.15, -0.1) is 0 Å². The van der Waals surface area contributed by atoms with Crippen LogP contribution in [-0.4, -0.2) is 56.5 Å². The van der Waals surface area contributed by atoms with Gasteiger partial charge in [-0.3, -0.25) is 19.1 Å². The maximum Gasteiger partial charge on any atom is 0.325 e. The van der Waals surface area contributed by atoms with E-state index in [0.717, 1.165) is 0 Å². The third-order valence-corrected chi connectivity index (χ3v) is 2.69. The Balaban J connectivity index is 1.86. The van der Waals surface area contributed by atoms with Crippen LogP contribution in [0.2, 0.25) is 0 Å². The van der Waals surface area contributed by atoms with Gasteiger partial charge in [0, 0.05) is 0 Å². The van der Waals surface area contributed by atoms with Crippen LogP contribution in [0.1, 0.15) is 0 Å². The fourth-order valence-electron chi connectivity index (χ4n) is 1.61. The van der Waals surface area contributed by atoms with E-state index in [4.69, 9.17) is 26.0 Å². The summed E-state index contributed by atoms with van der Waals surface area (Å²) in [7, 11) is 0. The van der Waals surface area contributed by atoms with Gasteiger partial charge in [0.25, 0.3) is 5.56 Å². The van der Waals surface area contributed by atoms with Gasteiger partial charge in [-0.25, -0.2) is 4.98 Å². The minimum absolute atomic E-state index is 0.0185. The number of esters is 1. The number of aliphatic hydroxyl groups is 1. The molecule has 2 rings (SSSR count). The Morgan fingerprint density at radius 3 is 3.00 bits per heavy atom. The van der Waals surface area contributed by atoms with Crippen molar-refractivity contribution in [2.45, 2.75) is 12.8 Å². The molecule has 0 aliphatic carbocycles. The molecule has 0 aromatic carbocycles. The van der Waals surface area contributed by atoms with Crippen LogP contribution in [-0.2, 0) is 21.0 Å². The third-order valence-electron chi connectivity index (χ3n) is 2.69. The maximum absolute atomic E-state index is 11.6. The van der Waals surface area contributed by atoms with Crippen molar-refractivity contribution in [2.75, 3.05) is 25.6 Å². The lowest BCUT2D eigenvalue weighted by molar-refractivity contribution is -0.148. The van der Waals surface area contributed by atoms with Crippen LogP contribution in [0.25, 0.3) is 11.2 Å². The van der Waals surface area contributed by atoms with Gasteiger partial charge in [0.2, 0.25) is 5.95 Å². The van der Waals surface area contributed by atoms with Crippen molar-refractivity contribution in [3.8, 4) is 0 Å². The van der Waals surface area contributed by atoms with Gasteiger partial charge in [0.15, 0.2) is 11.2 Å². The second-order valence-corrected chi connectivity index (χ2v) is 4.33. The number of anilines is 1. The Kier molecular flexibility index (Phi) is 5.04. The van der Waals surface area contributed by atoms with Crippen LogP contribution >= 0.6 is 0 Å². The number of hydrogen-bond acceptors (Lipinski definition) is 9. The predicted molar refractivity (Wildman–Crippen MR) is 74.5 cm³/mol. The van der Waals surface area contributed by atoms with Crippen molar-refractivity contribution in [1.82, 2.24) is 19.5 Å². The van der Waals surface area contributed by atoms with E-state index < -0.39 is 24.2 Å². The topological polar surface area (TPSA) is 171 Å². The Bertz CT molecular complexity index is 711. The number of nitrogens with zero attached hydrogens (tertiary/aromatic N) is 3. The van der Waals surface area contributed by atoms with E-state index in [1.54, 1.807) is 0 Å². The number of nitrogens with two attached hydrogens (primary N) is 2. The average Bonchev–Trinajstić information content (AvgIpc) is 2.89. The molecular weight excluding hydrogens is 296 g/mol. The molecule has 2 heterocycles. The Labute approximate surface area is 123 Å². The number of nitrogens with one attached hydrogen (secondary N) is 1. The van der Waals surface area contributed by atoms with Gasteiger partial charge in [-0.1, -0.05) is 0 Å². The number of aliphatic hydroxyl groups excluding tert-OH is 1. The fraction of sp³-hybridized carbons (Fsp3) is 0.455. The van der Waals surface area contributed by atoms with Crippen LogP contribution in [0.4, 0.5) is 5.95 Å². The van der Waals surface area contributed by atoms with Crippen molar-refractivity contribution in [3.05, 3.63) is 16.7 Å². The molecule has 22 heavy (non-hydrogen) atoms. The monoisotopic (exact) mass is 312 g/mol. The highest BCUT2D eigenvalue weighted by atomic mass is 16.6. The summed E-state index contributed by atoms with van der Waals surface area (Å²) in [5.41, 5.74) is 10.7. The van der Waals surface area contributed by atoms with E-state index in [1.807, 2.05) is 0 Å². The molecule has 1 atom stereocenters. The van der Waals surface area contributed by atoms with Gasteiger partial charge < -0.3 is 26.0 Å². The quantitative estimate of drug-likeness (QED) is 0.319. The molecule has 120 valence electrons. The van der Waals surface area contributed by atoms with Gasteiger partial charge in [-0.05, 0) is 0 Å². The number of hydrogen-bond donors (Lipinski definition) is 4. The number of aromatic nitrogens is 4. The second-order valence-electron chi connectivity index (χ2n) is 4.33. The number of carbonyl (C=O) groups excluding carboxylic acids is 1. The van der Waals surface area contributed by atoms with E-state index in [0.29, 0.717) is 5.65 Å². The smallest absolute Gasteiger partial charge is 0.325 e. The first-order valence-electron chi connectivity index (χ1n) is 6.34. The summed E-state index contributed by atoms with van der Waals surface area (Å²) in [6.45, 7) is -0.351. The van der Waals surface area contributed by atoms with Crippen LogP contribution in [0.3, 0.4) is 0 Å². The number of fused-ring (bicyclic) bond motifs is 1. The summed E-state index contributed by atoms with van der Waals surface area (Å²) >= 11 is 0. The first kappa shape index (κ1) is 15.9. The molecule has 0 bridgehead atoms. The van der Waals surface area contributed by atoms with Gasteiger partial charge in [0.1, 0.15) is 19.4 Å². The fourth-order valence-corrected chi connectivity index (χ4v) is 1.61. The van der Waals surface area contributed by atoms with Gasteiger partial charge in [-0.2, -0.15) is 4.98 Å². The van der Waals surface area contributed by atoms with Gasteiger partial charge in [0.05, 0.1) is 19.5 Å². The highest BCUT2D eigenvalue weighted by Crippen LogP contribution is 2.06. The summed E-state index contributed by atoms with van der Waals surface area (Å²) in [6, 6.07) is -1.06. The van der Waals surface area contributed by atoms with Crippen LogP contribution in [0.5, 0.6) is 0 Å². The number of aromatic amines is 1. The zero-order valence-corrected chi connectivity index (χ0v) is 11.6. The molecule has 11 nitrogen and oxygen atoms in total. The van der Waals surface area contributed by atoms with Crippen LogP contribution in [0.15, 0.2) is 11.1 Å². The normalized spacial score (nSPS) is 12.5. The molecule has 0 unspecified atom stereocenters. The van der Waals surface area contributed by atoms with E-state index in [9.17, 15) is 9.59 Å². The SMILES string of the molecule is Nc1nc2c(ncn2COCCOC(=O)[C@H](N)CO)c(=O)[nH]1. The number of imidazole rings is 1. The minimum Gasteiger partial charge on any atom is -0.462 e. The minimum atomic E-state index is -1.06. The molecule has 2 aromatic rings. The number of H-pyrrole nitrogens is 1. The molecule has 11 heteroatoms. The van der Waals surface area contributed by atoms with Crippen molar-refractivity contribution in [3.63, 3.8) is 0 Å². The van der Waals surface area contributed by atoms with E-state index in [-0.39, 0.29) is 31.4 Å². The summed E-state index contributed by atoms with van der Waals surface area (Å²) < 4.78 is 11.5. The van der Waals surface area contributed by atoms with Gasteiger partial charge >= 0.3 is 5.97 Å². The highest BCUT2D eigenvalue weighted by molar-refractivity contribution is 5.75. The lowest BCUT2D eigenvalue weighted by atomic mass is 10.3. The number of ether oxygens (including phenoxy) is 2. The van der Waals surface area contributed by atoms with Crippen molar-refractivity contribution >= 4 is 23.1 Å². The van der Waals surface area contributed by atoms with E-state index >= 15 is 0 Å². The first-order chi connectivity index (χ1) is 10.5. The maximum atomic E-state index is 11.6. The van der Waals surface area contributed by atoms with Crippen LogP contribution in [0, 0.1) is 0 Å². The first-order valence-corrected chi connectivity index (χ1v) is 6.34. The van der Waals surface area contributed by atoms with Crippen molar-refractivity contribution < 1.29 is 19.4 Å². The predicted octanol–water partition coefficient (Wildman–Crippen LogP) is -2.46. The molecular formula is C11H16N6O5. The Morgan fingerprint density at radius 2 is 2.27 bits per heavy atom. The molecule has 0 fully saturated rings.